The van der Waals surface area contributed by atoms with Crippen molar-refractivity contribution in [1.29, 1.82) is 0 Å². The zero-order valence-corrected chi connectivity index (χ0v) is 15.6. The molecule has 1 amide bonds. The lowest BCUT2D eigenvalue weighted by molar-refractivity contribution is -0.118. The van der Waals surface area contributed by atoms with E-state index in [9.17, 15) is 14.0 Å². The van der Waals surface area contributed by atoms with Crippen LogP contribution in [0.4, 0.5) is 10.1 Å². The van der Waals surface area contributed by atoms with E-state index in [4.69, 9.17) is 4.74 Å². The predicted molar refractivity (Wildman–Crippen MR) is 102 cm³/mol. The van der Waals surface area contributed by atoms with E-state index in [1.54, 1.807) is 42.6 Å². The van der Waals surface area contributed by atoms with E-state index in [1.807, 2.05) is 0 Å². The Bertz CT molecular complexity index is 963. The fraction of sp³-hybridized carbons (Fsp3) is 0.0500. The van der Waals surface area contributed by atoms with Crippen molar-refractivity contribution in [3.63, 3.8) is 0 Å². The van der Waals surface area contributed by atoms with Gasteiger partial charge in [-0.2, -0.15) is 0 Å². The minimum atomic E-state index is -0.485. The number of anilines is 1. The zero-order chi connectivity index (χ0) is 19.2. The van der Waals surface area contributed by atoms with E-state index < -0.39 is 5.82 Å². The first-order valence-corrected chi connectivity index (χ1v) is 8.75. The smallest absolute Gasteiger partial charge is 0.262 e. The van der Waals surface area contributed by atoms with Crippen LogP contribution in [-0.2, 0) is 4.79 Å². The van der Waals surface area contributed by atoms with E-state index in [0.717, 1.165) is 0 Å². The molecule has 2 aromatic carbocycles. The van der Waals surface area contributed by atoms with Crippen molar-refractivity contribution in [3.8, 4) is 5.75 Å². The highest BCUT2D eigenvalue weighted by atomic mass is 79.9. The molecule has 0 saturated heterocycles. The Morgan fingerprint density at radius 1 is 1.11 bits per heavy atom. The molecule has 3 aromatic rings. The average Bonchev–Trinajstić information content (AvgIpc) is 2.69. The van der Waals surface area contributed by atoms with E-state index in [1.165, 1.54) is 24.4 Å². The molecule has 0 bridgehead atoms. The fourth-order valence-corrected chi connectivity index (χ4v) is 2.74. The average molecular weight is 429 g/mol. The van der Waals surface area contributed by atoms with E-state index in [-0.39, 0.29) is 23.9 Å². The number of hydrogen-bond donors (Lipinski definition) is 1. The molecule has 3 rings (SSSR count). The van der Waals surface area contributed by atoms with Gasteiger partial charge >= 0.3 is 0 Å². The van der Waals surface area contributed by atoms with Gasteiger partial charge in [0.2, 0.25) is 0 Å². The molecule has 0 unspecified atom stereocenters. The third-order valence-electron chi connectivity index (χ3n) is 3.60. The highest BCUT2D eigenvalue weighted by Gasteiger charge is 2.14. The first kappa shape index (κ1) is 18.7. The van der Waals surface area contributed by atoms with Crippen LogP contribution in [0, 0.1) is 5.82 Å². The van der Waals surface area contributed by atoms with Gasteiger partial charge in [0.25, 0.3) is 5.91 Å². The van der Waals surface area contributed by atoms with Gasteiger partial charge in [0.05, 0.1) is 11.9 Å². The van der Waals surface area contributed by atoms with E-state index >= 15 is 0 Å². The molecule has 0 aliphatic rings. The van der Waals surface area contributed by atoms with Gasteiger partial charge in [-0.1, -0.05) is 15.9 Å². The van der Waals surface area contributed by atoms with E-state index in [0.29, 0.717) is 21.5 Å². The zero-order valence-electron chi connectivity index (χ0n) is 14.0. The van der Waals surface area contributed by atoms with Crippen LogP contribution in [0.1, 0.15) is 15.9 Å². The Morgan fingerprint density at radius 3 is 2.59 bits per heavy atom. The molecule has 1 aromatic heterocycles. The van der Waals surface area contributed by atoms with Crippen molar-refractivity contribution in [2.24, 2.45) is 0 Å². The second-order valence-corrected chi connectivity index (χ2v) is 6.41. The van der Waals surface area contributed by atoms with Crippen molar-refractivity contribution < 1.29 is 18.7 Å². The molecule has 7 heteroatoms. The summed E-state index contributed by atoms with van der Waals surface area (Å²) in [4.78, 5) is 28.3. The molecule has 0 saturated carbocycles. The Labute approximate surface area is 163 Å². The number of rotatable bonds is 6. The molecule has 5 nitrogen and oxygen atoms in total. The van der Waals surface area contributed by atoms with Gasteiger partial charge in [0.1, 0.15) is 11.6 Å². The lowest BCUT2D eigenvalue weighted by atomic mass is 10.0. The third kappa shape index (κ3) is 4.98. The number of nitrogens with zero attached hydrogens (tertiary/aromatic N) is 1. The highest BCUT2D eigenvalue weighted by molar-refractivity contribution is 9.10. The SMILES string of the molecule is O=C(COc1ccc(C(=O)c2cc(F)ccc2Br)cc1)Nc1cccnc1. The number of ether oxygens (including phenoxy) is 1. The molecule has 27 heavy (non-hydrogen) atoms. The minimum Gasteiger partial charge on any atom is -0.484 e. The maximum absolute atomic E-state index is 13.4. The first-order valence-electron chi connectivity index (χ1n) is 7.95. The predicted octanol–water partition coefficient (Wildman–Crippen LogP) is 4.23. The summed E-state index contributed by atoms with van der Waals surface area (Å²) in [6.07, 6.45) is 3.14. The number of hydrogen-bond acceptors (Lipinski definition) is 4. The molecular formula is C20H14BrFN2O3. The summed E-state index contributed by atoms with van der Waals surface area (Å²) in [5.41, 5.74) is 1.20. The standard InChI is InChI=1S/C20H14BrFN2O3/c21-18-8-5-14(22)10-17(18)20(26)13-3-6-16(7-4-13)27-12-19(25)24-15-2-1-9-23-11-15/h1-11H,12H2,(H,24,25). The minimum absolute atomic E-state index is 0.183. The monoisotopic (exact) mass is 428 g/mol. The fourth-order valence-electron chi connectivity index (χ4n) is 2.31. The van der Waals surface area contributed by atoms with Gasteiger partial charge in [0, 0.05) is 21.8 Å². The lowest BCUT2D eigenvalue weighted by Crippen LogP contribution is -2.20. The molecule has 136 valence electrons. The summed E-state index contributed by atoms with van der Waals surface area (Å²) >= 11 is 3.25. The number of aromatic nitrogens is 1. The maximum atomic E-state index is 13.4. The summed E-state index contributed by atoms with van der Waals surface area (Å²) in [6, 6.07) is 13.7. The highest BCUT2D eigenvalue weighted by Crippen LogP contribution is 2.22. The molecule has 0 radical (unpaired) electrons. The summed E-state index contributed by atoms with van der Waals surface area (Å²) < 4.78 is 19.3. The Morgan fingerprint density at radius 2 is 1.89 bits per heavy atom. The van der Waals surface area contributed by atoms with Crippen LogP contribution >= 0.6 is 15.9 Å². The van der Waals surface area contributed by atoms with Gasteiger partial charge in [-0.05, 0) is 54.6 Å². The van der Waals surface area contributed by atoms with Crippen LogP contribution in [0.3, 0.4) is 0 Å². The summed E-state index contributed by atoms with van der Waals surface area (Å²) in [5, 5.41) is 2.65. The molecule has 1 N–H and O–H groups in total. The number of benzene rings is 2. The van der Waals surface area contributed by atoms with Gasteiger partial charge in [-0.3, -0.25) is 14.6 Å². The van der Waals surface area contributed by atoms with Gasteiger partial charge in [-0.15, -0.1) is 0 Å². The summed E-state index contributed by atoms with van der Waals surface area (Å²) in [6.45, 7) is -0.183. The summed E-state index contributed by atoms with van der Waals surface area (Å²) in [7, 11) is 0. The molecule has 0 atom stereocenters. The number of nitrogens with one attached hydrogen (secondary N) is 1. The van der Waals surface area contributed by atoms with E-state index in [2.05, 4.69) is 26.2 Å². The van der Waals surface area contributed by atoms with Crippen molar-refractivity contribution in [2.75, 3.05) is 11.9 Å². The number of carbonyl (C=O) groups excluding carboxylic acids is 2. The van der Waals surface area contributed by atoms with Crippen LogP contribution in [0.5, 0.6) is 5.75 Å². The maximum Gasteiger partial charge on any atom is 0.262 e. The van der Waals surface area contributed by atoms with Crippen molar-refractivity contribution >= 4 is 33.3 Å². The first-order chi connectivity index (χ1) is 13.0. The largest absolute Gasteiger partial charge is 0.484 e. The molecule has 0 aliphatic carbocycles. The number of ketones is 1. The van der Waals surface area contributed by atoms with Crippen LogP contribution < -0.4 is 10.1 Å². The van der Waals surface area contributed by atoms with Crippen molar-refractivity contribution in [2.45, 2.75) is 0 Å². The molecular weight excluding hydrogens is 415 g/mol. The Balaban J connectivity index is 1.61. The summed E-state index contributed by atoms with van der Waals surface area (Å²) in [5.74, 6) is -0.693. The molecule has 0 fully saturated rings. The quantitative estimate of drug-likeness (QED) is 0.596. The van der Waals surface area contributed by atoms with Crippen molar-refractivity contribution in [3.05, 3.63) is 88.4 Å². The number of carbonyl (C=O) groups is 2. The topological polar surface area (TPSA) is 68.3 Å². The normalized spacial score (nSPS) is 10.3. The molecule has 0 aliphatic heterocycles. The van der Waals surface area contributed by atoms with Gasteiger partial charge in [-0.25, -0.2) is 4.39 Å². The Hall–Kier alpha value is -3.06. The number of halogens is 2. The van der Waals surface area contributed by atoms with Crippen molar-refractivity contribution in [1.82, 2.24) is 4.98 Å². The van der Waals surface area contributed by atoms with Gasteiger partial charge in [0.15, 0.2) is 12.4 Å². The van der Waals surface area contributed by atoms with Gasteiger partial charge < -0.3 is 10.1 Å². The van der Waals surface area contributed by atoms with Crippen LogP contribution in [0.25, 0.3) is 0 Å². The van der Waals surface area contributed by atoms with Crippen LogP contribution in [0.15, 0.2) is 71.5 Å². The van der Waals surface area contributed by atoms with Crippen LogP contribution in [0.2, 0.25) is 0 Å². The Kier molecular flexibility index (Phi) is 5.93. The second kappa shape index (κ2) is 8.55. The molecule has 1 heterocycles. The van der Waals surface area contributed by atoms with Crippen LogP contribution in [-0.4, -0.2) is 23.3 Å². The molecule has 0 spiro atoms. The third-order valence-corrected chi connectivity index (χ3v) is 4.30. The lowest BCUT2D eigenvalue weighted by Gasteiger charge is -2.08. The number of pyridine rings is 1. The second-order valence-electron chi connectivity index (χ2n) is 5.56. The number of amides is 1.